The second kappa shape index (κ2) is 6.68. The number of hydrogen-bond donors (Lipinski definition) is 0. The van der Waals surface area contributed by atoms with E-state index in [0.29, 0.717) is 18.3 Å². The molecule has 1 aromatic rings. The number of methoxy groups -OCH3 is 1. The largest absolute Gasteiger partial charge is 0.480 e. The van der Waals surface area contributed by atoms with Gasteiger partial charge in [-0.3, -0.25) is 4.79 Å². The predicted molar refractivity (Wildman–Crippen MR) is 67.2 cm³/mol. The molecule has 0 spiro atoms. The predicted octanol–water partition coefficient (Wildman–Crippen LogP) is 2.06. The maximum Gasteiger partial charge on any atom is 0.266 e. The first-order valence-corrected chi connectivity index (χ1v) is 6.51. The van der Waals surface area contributed by atoms with Crippen molar-refractivity contribution < 1.29 is 4.74 Å². The van der Waals surface area contributed by atoms with Crippen LogP contribution in [0.15, 0.2) is 16.9 Å². The molecule has 90 valence electrons. The molecule has 0 amide bonds. The number of halogens is 1. The third kappa shape index (κ3) is 3.63. The maximum atomic E-state index is 11.6. The van der Waals surface area contributed by atoms with Crippen LogP contribution in [-0.2, 0) is 6.54 Å². The van der Waals surface area contributed by atoms with E-state index >= 15 is 0 Å². The van der Waals surface area contributed by atoms with E-state index < -0.39 is 0 Å². The monoisotopic (exact) mass is 288 g/mol. The Morgan fingerprint density at radius 1 is 1.56 bits per heavy atom. The zero-order valence-electron chi connectivity index (χ0n) is 9.65. The second-order valence-electron chi connectivity index (χ2n) is 3.71. The van der Waals surface area contributed by atoms with E-state index in [-0.39, 0.29) is 5.56 Å². The summed E-state index contributed by atoms with van der Waals surface area (Å²) in [5, 5.41) is 5.00. The summed E-state index contributed by atoms with van der Waals surface area (Å²) >= 11 is 3.46. The van der Waals surface area contributed by atoms with Crippen molar-refractivity contribution in [1.82, 2.24) is 9.78 Å². The smallest absolute Gasteiger partial charge is 0.266 e. The van der Waals surface area contributed by atoms with Gasteiger partial charge in [0.2, 0.25) is 5.88 Å². The first-order valence-electron chi connectivity index (χ1n) is 5.39. The minimum absolute atomic E-state index is 0.0807. The molecule has 0 aliphatic heterocycles. The van der Waals surface area contributed by atoms with Crippen molar-refractivity contribution in [2.75, 3.05) is 12.4 Å². The van der Waals surface area contributed by atoms with Crippen LogP contribution < -0.4 is 10.3 Å². The van der Waals surface area contributed by atoms with Crippen molar-refractivity contribution in [1.29, 1.82) is 0 Å². The van der Waals surface area contributed by atoms with Crippen LogP contribution >= 0.6 is 15.9 Å². The summed E-state index contributed by atoms with van der Waals surface area (Å²) in [5.74, 6) is 0.909. The minimum Gasteiger partial charge on any atom is -0.480 e. The summed E-state index contributed by atoms with van der Waals surface area (Å²) in [7, 11) is 1.55. The van der Waals surface area contributed by atoms with E-state index in [1.807, 2.05) is 0 Å². The number of nitrogens with zero attached hydrogens (tertiary/aromatic N) is 2. The lowest BCUT2D eigenvalue weighted by molar-refractivity contribution is 0.355. The van der Waals surface area contributed by atoms with Gasteiger partial charge in [-0.15, -0.1) is 5.10 Å². The zero-order valence-corrected chi connectivity index (χ0v) is 11.2. The Morgan fingerprint density at radius 2 is 2.31 bits per heavy atom. The van der Waals surface area contributed by atoms with Crippen molar-refractivity contribution in [2.45, 2.75) is 26.3 Å². The molecule has 0 bridgehead atoms. The summed E-state index contributed by atoms with van der Waals surface area (Å²) in [6.07, 6.45) is 2.19. The van der Waals surface area contributed by atoms with Gasteiger partial charge < -0.3 is 4.74 Å². The molecule has 0 saturated heterocycles. The van der Waals surface area contributed by atoms with Crippen LogP contribution in [0.4, 0.5) is 0 Å². The molecular formula is C11H17BrN2O2. The SMILES string of the molecule is CCCC(CBr)Cn1nc(OC)ccc1=O. The van der Waals surface area contributed by atoms with Gasteiger partial charge in [0.1, 0.15) is 0 Å². The molecule has 16 heavy (non-hydrogen) atoms. The van der Waals surface area contributed by atoms with Crippen LogP contribution in [0, 0.1) is 5.92 Å². The van der Waals surface area contributed by atoms with Gasteiger partial charge >= 0.3 is 0 Å². The average Bonchev–Trinajstić information content (AvgIpc) is 2.31. The number of hydrogen-bond acceptors (Lipinski definition) is 3. The van der Waals surface area contributed by atoms with Crippen LogP contribution in [-0.4, -0.2) is 22.2 Å². The normalized spacial score (nSPS) is 12.4. The van der Waals surface area contributed by atoms with Gasteiger partial charge in [0.15, 0.2) is 0 Å². The standard InChI is InChI=1S/C11H17BrN2O2/c1-3-4-9(7-12)8-14-11(15)6-5-10(13-14)16-2/h5-6,9H,3-4,7-8H2,1-2H3. The average molecular weight is 289 g/mol. The molecule has 1 aromatic heterocycles. The summed E-state index contributed by atoms with van der Waals surface area (Å²) < 4.78 is 6.48. The molecule has 0 aliphatic rings. The summed E-state index contributed by atoms with van der Waals surface area (Å²) in [4.78, 5) is 11.6. The molecule has 0 aliphatic carbocycles. The highest BCUT2D eigenvalue weighted by Crippen LogP contribution is 2.11. The van der Waals surface area contributed by atoms with E-state index in [1.165, 1.54) is 10.7 Å². The highest BCUT2D eigenvalue weighted by Gasteiger charge is 2.09. The lowest BCUT2D eigenvalue weighted by Gasteiger charge is -2.13. The molecular weight excluding hydrogens is 272 g/mol. The van der Waals surface area contributed by atoms with Crippen molar-refractivity contribution in [2.24, 2.45) is 5.92 Å². The Morgan fingerprint density at radius 3 is 2.88 bits per heavy atom. The van der Waals surface area contributed by atoms with Gasteiger partial charge in [0.25, 0.3) is 5.56 Å². The molecule has 1 unspecified atom stereocenters. The van der Waals surface area contributed by atoms with E-state index in [9.17, 15) is 4.79 Å². The third-order valence-corrected chi connectivity index (χ3v) is 3.31. The van der Waals surface area contributed by atoms with Gasteiger partial charge in [-0.05, 0) is 12.3 Å². The molecule has 4 nitrogen and oxygen atoms in total. The Bertz CT molecular complexity index is 378. The molecule has 0 N–H and O–H groups in total. The van der Waals surface area contributed by atoms with Crippen LogP contribution in [0.25, 0.3) is 0 Å². The van der Waals surface area contributed by atoms with Crippen molar-refractivity contribution >= 4 is 15.9 Å². The van der Waals surface area contributed by atoms with Gasteiger partial charge in [0.05, 0.1) is 7.11 Å². The summed E-state index contributed by atoms with van der Waals surface area (Å²) in [6.45, 7) is 2.77. The minimum atomic E-state index is -0.0807. The Labute approximate surface area is 104 Å². The lowest BCUT2D eigenvalue weighted by atomic mass is 10.1. The molecule has 0 aromatic carbocycles. The molecule has 1 heterocycles. The second-order valence-corrected chi connectivity index (χ2v) is 4.35. The van der Waals surface area contributed by atoms with Crippen molar-refractivity contribution in [3.05, 3.63) is 22.5 Å². The fourth-order valence-electron chi connectivity index (χ4n) is 1.54. The van der Waals surface area contributed by atoms with E-state index in [0.717, 1.165) is 18.2 Å². The van der Waals surface area contributed by atoms with E-state index in [4.69, 9.17) is 4.74 Å². The number of aromatic nitrogens is 2. The lowest BCUT2D eigenvalue weighted by Crippen LogP contribution is -2.26. The van der Waals surface area contributed by atoms with Crippen LogP contribution in [0.2, 0.25) is 0 Å². The van der Waals surface area contributed by atoms with Gasteiger partial charge in [-0.1, -0.05) is 29.3 Å². The Balaban J connectivity index is 2.81. The molecule has 0 saturated carbocycles. The Kier molecular flexibility index (Phi) is 5.52. The highest BCUT2D eigenvalue weighted by atomic mass is 79.9. The molecule has 5 heteroatoms. The van der Waals surface area contributed by atoms with Gasteiger partial charge in [-0.25, -0.2) is 4.68 Å². The van der Waals surface area contributed by atoms with Gasteiger partial charge in [-0.2, -0.15) is 0 Å². The molecule has 1 rings (SSSR count). The fraction of sp³-hybridized carbons (Fsp3) is 0.636. The fourth-order valence-corrected chi connectivity index (χ4v) is 2.07. The van der Waals surface area contributed by atoms with Crippen LogP contribution in [0.5, 0.6) is 5.88 Å². The van der Waals surface area contributed by atoms with Crippen LogP contribution in [0.3, 0.4) is 0 Å². The van der Waals surface area contributed by atoms with Crippen molar-refractivity contribution in [3.63, 3.8) is 0 Å². The molecule has 1 atom stereocenters. The molecule has 0 radical (unpaired) electrons. The first-order chi connectivity index (χ1) is 7.71. The summed E-state index contributed by atoms with van der Waals surface area (Å²) in [5.41, 5.74) is -0.0807. The van der Waals surface area contributed by atoms with E-state index in [2.05, 4.69) is 28.0 Å². The van der Waals surface area contributed by atoms with Gasteiger partial charge in [0, 0.05) is 24.0 Å². The maximum absolute atomic E-state index is 11.6. The number of ether oxygens (including phenoxy) is 1. The van der Waals surface area contributed by atoms with E-state index in [1.54, 1.807) is 13.2 Å². The number of rotatable bonds is 6. The zero-order chi connectivity index (χ0) is 12.0. The quantitative estimate of drug-likeness (QED) is 0.753. The Hall–Kier alpha value is -0.840. The number of alkyl halides is 1. The topological polar surface area (TPSA) is 44.1 Å². The third-order valence-electron chi connectivity index (χ3n) is 2.40. The molecule has 0 fully saturated rings. The first kappa shape index (κ1) is 13.2. The summed E-state index contributed by atoms with van der Waals surface area (Å²) in [6, 6.07) is 3.07. The highest BCUT2D eigenvalue weighted by molar-refractivity contribution is 9.09. The van der Waals surface area contributed by atoms with Crippen LogP contribution in [0.1, 0.15) is 19.8 Å². The van der Waals surface area contributed by atoms with Crippen molar-refractivity contribution in [3.8, 4) is 5.88 Å².